The van der Waals surface area contributed by atoms with Gasteiger partial charge in [-0.25, -0.2) is 0 Å². The maximum Gasteiger partial charge on any atom is 0.0438 e. The Hall–Kier alpha value is -0.530. The van der Waals surface area contributed by atoms with Crippen LogP contribution in [0.15, 0.2) is 12.1 Å². The Balaban J connectivity index is 2.63. The molecule has 2 rings (SSSR count). The van der Waals surface area contributed by atoms with Crippen LogP contribution in [0.3, 0.4) is 0 Å². The van der Waals surface area contributed by atoms with Crippen LogP contribution in [-0.4, -0.2) is 0 Å². The van der Waals surface area contributed by atoms with Crippen LogP contribution >= 0.6 is 11.6 Å². The van der Waals surface area contributed by atoms with Gasteiger partial charge in [0.1, 0.15) is 0 Å². The van der Waals surface area contributed by atoms with Crippen molar-refractivity contribution in [3.8, 4) is 0 Å². The quantitative estimate of drug-likeness (QED) is 0.654. The lowest BCUT2D eigenvalue weighted by atomic mass is 10.0. The zero-order valence-corrected chi connectivity index (χ0v) is 7.86. The summed E-state index contributed by atoms with van der Waals surface area (Å²) in [6.45, 7) is 2.05. The number of nitrogens with two attached hydrogens (primary N) is 1. The van der Waals surface area contributed by atoms with Crippen LogP contribution in [0.25, 0.3) is 0 Å². The van der Waals surface area contributed by atoms with Crippen molar-refractivity contribution >= 4 is 11.6 Å². The molecule has 0 heterocycles. The topological polar surface area (TPSA) is 26.0 Å². The van der Waals surface area contributed by atoms with E-state index in [0.717, 1.165) is 17.9 Å². The van der Waals surface area contributed by atoms with E-state index in [1.54, 1.807) is 0 Å². The van der Waals surface area contributed by atoms with Gasteiger partial charge in [0.2, 0.25) is 0 Å². The molecule has 1 atom stereocenters. The largest absolute Gasteiger partial charge is 0.324 e. The molecule has 0 amide bonds. The minimum atomic E-state index is 0.207. The van der Waals surface area contributed by atoms with Gasteiger partial charge < -0.3 is 5.73 Å². The zero-order valence-electron chi connectivity index (χ0n) is 7.10. The van der Waals surface area contributed by atoms with E-state index in [9.17, 15) is 0 Å². The van der Waals surface area contributed by atoms with Crippen LogP contribution in [0.5, 0.6) is 0 Å². The second-order valence-electron chi connectivity index (χ2n) is 3.39. The maximum atomic E-state index is 6.00. The number of benzene rings is 1. The van der Waals surface area contributed by atoms with Gasteiger partial charge >= 0.3 is 0 Å². The average Bonchev–Trinajstić information content (AvgIpc) is 2.41. The number of hydrogen-bond acceptors (Lipinski definition) is 1. The van der Waals surface area contributed by atoms with Crippen LogP contribution in [-0.2, 0) is 6.42 Å². The number of aryl methyl sites for hydroxylation is 1. The van der Waals surface area contributed by atoms with E-state index in [1.807, 2.05) is 13.0 Å². The van der Waals surface area contributed by atoms with E-state index in [1.165, 1.54) is 16.7 Å². The highest BCUT2D eigenvalue weighted by molar-refractivity contribution is 6.31. The Bertz CT molecular complexity index is 320. The fraction of sp³-hybridized carbons (Fsp3) is 0.400. The fourth-order valence-electron chi connectivity index (χ4n) is 1.95. The molecule has 0 spiro atoms. The zero-order chi connectivity index (χ0) is 8.72. The second kappa shape index (κ2) is 2.75. The number of halogens is 1. The molecule has 0 aliphatic heterocycles. The summed E-state index contributed by atoms with van der Waals surface area (Å²) in [5.74, 6) is 0. The smallest absolute Gasteiger partial charge is 0.0438 e. The highest BCUT2D eigenvalue weighted by Gasteiger charge is 2.21. The van der Waals surface area contributed by atoms with E-state index in [-0.39, 0.29) is 6.04 Å². The monoisotopic (exact) mass is 181 g/mol. The molecule has 0 unspecified atom stereocenters. The SMILES string of the molecule is Cc1c(Cl)ccc2c1[C@H](N)CC2. The first-order valence-corrected chi connectivity index (χ1v) is 4.61. The van der Waals surface area contributed by atoms with Gasteiger partial charge in [-0.3, -0.25) is 0 Å². The third kappa shape index (κ3) is 1.05. The molecule has 1 aromatic rings. The van der Waals surface area contributed by atoms with Crippen LogP contribution in [0.2, 0.25) is 5.02 Å². The van der Waals surface area contributed by atoms with Crippen LogP contribution in [0.1, 0.15) is 29.2 Å². The van der Waals surface area contributed by atoms with Gasteiger partial charge in [-0.05, 0) is 42.5 Å². The van der Waals surface area contributed by atoms with Gasteiger partial charge in [0.25, 0.3) is 0 Å². The Morgan fingerprint density at radius 1 is 1.50 bits per heavy atom. The molecule has 1 aromatic carbocycles. The molecule has 0 radical (unpaired) electrons. The van der Waals surface area contributed by atoms with Crippen LogP contribution in [0.4, 0.5) is 0 Å². The molecule has 0 saturated carbocycles. The van der Waals surface area contributed by atoms with E-state index in [4.69, 9.17) is 17.3 Å². The Kier molecular flexibility index (Phi) is 1.85. The lowest BCUT2D eigenvalue weighted by Gasteiger charge is -2.09. The summed E-state index contributed by atoms with van der Waals surface area (Å²) in [5.41, 5.74) is 9.78. The van der Waals surface area contributed by atoms with Gasteiger partial charge in [-0.2, -0.15) is 0 Å². The van der Waals surface area contributed by atoms with Gasteiger partial charge in [-0.1, -0.05) is 17.7 Å². The molecular weight excluding hydrogens is 170 g/mol. The van der Waals surface area contributed by atoms with E-state index < -0.39 is 0 Å². The van der Waals surface area contributed by atoms with Crippen molar-refractivity contribution in [1.82, 2.24) is 0 Å². The van der Waals surface area contributed by atoms with E-state index in [2.05, 4.69) is 6.07 Å². The van der Waals surface area contributed by atoms with E-state index in [0.29, 0.717) is 0 Å². The summed E-state index contributed by atoms with van der Waals surface area (Å²) < 4.78 is 0. The lowest BCUT2D eigenvalue weighted by Crippen LogP contribution is -2.07. The van der Waals surface area contributed by atoms with Gasteiger partial charge in [0.05, 0.1) is 0 Å². The molecule has 12 heavy (non-hydrogen) atoms. The molecule has 2 N–H and O–H groups in total. The summed E-state index contributed by atoms with van der Waals surface area (Å²) >= 11 is 6.00. The average molecular weight is 182 g/mol. The van der Waals surface area contributed by atoms with Crippen molar-refractivity contribution in [1.29, 1.82) is 0 Å². The van der Waals surface area contributed by atoms with Gasteiger partial charge in [-0.15, -0.1) is 0 Å². The van der Waals surface area contributed by atoms with Crippen molar-refractivity contribution < 1.29 is 0 Å². The molecular formula is C10H12ClN. The predicted molar refractivity (Wildman–Crippen MR) is 51.4 cm³/mol. The van der Waals surface area contributed by atoms with Crippen molar-refractivity contribution in [2.24, 2.45) is 5.73 Å². The molecule has 0 bridgehead atoms. The molecule has 0 aromatic heterocycles. The van der Waals surface area contributed by atoms with Crippen molar-refractivity contribution in [3.05, 3.63) is 33.8 Å². The van der Waals surface area contributed by atoms with E-state index >= 15 is 0 Å². The number of rotatable bonds is 0. The third-order valence-corrected chi connectivity index (χ3v) is 3.04. The Labute approximate surface area is 77.5 Å². The minimum Gasteiger partial charge on any atom is -0.324 e. The fourth-order valence-corrected chi connectivity index (χ4v) is 2.11. The third-order valence-electron chi connectivity index (χ3n) is 2.63. The summed E-state index contributed by atoms with van der Waals surface area (Å²) in [6.07, 6.45) is 2.17. The second-order valence-corrected chi connectivity index (χ2v) is 3.80. The summed E-state index contributed by atoms with van der Waals surface area (Å²) in [6, 6.07) is 4.27. The summed E-state index contributed by atoms with van der Waals surface area (Å²) in [7, 11) is 0. The van der Waals surface area contributed by atoms with Gasteiger partial charge in [0, 0.05) is 11.1 Å². The Morgan fingerprint density at radius 3 is 3.00 bits per heavy atom. The first kappa shape index (κ1) is 8.09. The maximum absolute atomic E-state index is 6.00. The standard InChI is InChI=1S/C10H12ClN/c1-6-8(11)4-2-7-3-5-9(12)10(6)7/h2,4,9H,3,5,12H2,1H3/t9-/m1/s1. The van der Waals surface area contributed by atoms with Crippen LogP contribution in [0, 0.1) is 6.92 Å². The number of hydrogen-bond donors (Lipinski definition) is 1. The highest BCUT2D eigenvalue weighted by Crippen LogP contribution is 2.34. The first-order chi connectivity index (χ1) is 5.70. The van der Waals surface area contributed by atoms with Crippen molar-refractivity contribution in [3.63, 3.8) is 0 Å². The molecule has 1 aliphatic carbocycles. The first-order valence-electron chi connectivity index (χ1n) is 4.23. The Morgan fingerprint density at radius 2 is 2.25 bits per heavy atom. The lowest BCUT2D eigenvalue weighted by molar-refractivity contribution is 0.710. The van der Waals surface area contributed by atoms with Crippen molar-refractivity contribution in [2.75, 3.05) is 0 Å². The normalized spacial score (nSPS) is 21.1. The molecule has 1 aliphatic rings. The molecule has 64 valence electrons. The predicted octanol–water partition coefficient (Wildman–Crippen LogP) is 2.59. The molecule has 2 heteroatoms. The van der Waals surface area contributed by atoms with Gasteiger partial charge in [0.15, 0.2) is 0 Å². The molecule has 0 saturated heterocycles. The minimum absolute atomic E-state index is 0.207. The summed E-state index contributed by atoms with van der Waals surface area (Å²) in [5, 5.41) is 0.839. The molecule has 1 nitrogen and oxygen atoms in total. The molecule has 0 fully saturated rings. The van der Waals surface area contributed by atoms with Crippen molar-refractivity contribution in [2.45, 2.75) is 25.8 Å². The highest BCUT2D eigenvalue weighted by atomic mass is 35.5. The van der Waals surface area contributed by atoms with Crippen LogP contribution < -0.4 is 5.73 Å². The summed E-state index contributed by atoms with van der Waals surface area (Å²) in [4.78, 5) is 0. The number of fused-ring (bicyclic) bond motifs is 1.